The van der Waals surface area contributed by atoms with Crippen molar-refractivity contribution in [3.8, 4) is 0 Å². The standard InChI is InChI=1S/C18H23N3O11S/c1-9(22)29-8-12-14(32-33(4,26)27)15(30-10(2)23)17(31-12)21-7-11(5-6-13(24)28-3)16(19)20-18(21)25/h5-7,12,14-15,17H,8H2,1-4H3,(H2,19,20,25)/t12-,14+,15-,17-/m1/s1. The molecule has 0 saturated carbocycles. The van der Waals surface area contributed by atoms with Crippen LogP contribution in [0.4, 0.5) is 5.82 Å². The molecule has 2 N–H and O–H groups in total. The molecule has 4 atom stereocenters. The Labute approximate surface area is 188 Å². The van der Waals surface area contributed by atoms with E-state index in [9.17, 15) is 27.6 Å². The van der Waals surface area contributed by atoms with Crippen molar-refractivity contribution in [3.63, 3.8) is 0 Å². The maximum Gasteiger partial charge on any atom is 0.351 e. The first kappa shape index (κ1) is 26.0. The van der Waals surface area contributed by atoms with Crippen molar-refractivity contribution < 1.29 is 45.9 Å². The number of esters is 3. The largest absolute Gasteiger partial charge is 0.466 e. The Kier molecular flexibility index (Phi) is 8.29. The second kappa shape index (κ2) is 10.5. The molecule has 0 aromatic carbocycles. The predicted molar refractivity (Wildman–Crippen MR) is 110 cm³/mol. The Morgan fingerprint density at radius 3 is 2.45 bits per heavy atom. The fourth-order valence-corrected chi connectivity index (χ4v) is 3.57. The number of nitrogens with two attached hydrogens (primary N) is 1. The lowest BCUT2D eigenvalue weighted by Crippen LogP contribution is -2.42. The van der Waals surface area contributed by atoms with Gasteiger partial charge < -0.3 is 24.7 Å². The van der Waals surface area contributed by atoms with Crippen molar-refractivity contribution in [3.05, 3.63) is 28.3 Å². The van der Waals surface area contributed by atoms with Gasteiger partial charge in [-0.15, -0.1) is 0 Å². The number of rotatable bonds is 8. The molecule has 0 bridgehead atoms. The van der Waals surface area contributed by atoms with Gasteiger partial charge in [0.15, 0.2) is 12.3 Å². The van der Waals surface area contributed by atoms with E-state index in [0.29, 0.717) is 0 Å². The molecular weight excluding hydrogens is 466 g/mol. The van der Waals surface area contributed by atoms with Crippen LogP contribution in [0, 0.1) is 0 Å². The molecule has 15 heteroatoms. The van der Waals surface area contributed by atoms with Crippen LogP contribution in [-0.4, -0.2) is 74.2 Å². The zero-order chi connectivity index (χ0) is 24.9. The van der Waals surface area contributed by atoms with Crippen LogP contribution in [0.1, 0.15) is 25.6 Å². The van der Waals surface area contributed by atoms with Crippen LogP contribution >= 0.6 is 0 Å². The van der Waals surface area contributed by atoms with E-state index in [2.05, 4.69) is 9.72 Å². The third-order valence-electron chi connectivity index (χ3n) is 4.21. The minimum Gasteiger partial charge on any atom is -0.466 e. The van der Waals surface area contributed by atoms with Gasteiger partial charge in [0.1, 0.15) is 24.6 Å². The molecule has 14 nitrogen and oxygen atoms in total. The van der Waals surface area contributed by atoms with Gasteiger partial charge in [-0.2, -0.15) is 13.4 Å². The van der Waals surface area contributed by atoms with E-state index in [1.54, 1.807) is 0 Å². The second-order valence-corrected chi connectivity index (χ2v) is 8.44. The molecular formula is C18H23N3O11S. The van der Waals surface area contributed by atoms with Crippen LogP contribution in [-0.2, 0) is 47.6 Å². The minimum atomic E-state index is -4.10. The number of hydrogen-bond acceptors (Lipinski definition) is 13. The van der Waals surface area contributed by atoms with Crippen molar-refractivity contribution in [1.29, 1.82) is 0 Å². The second-order valence-electron chi connectivity index (χ2n) is 6.83. The highest BCUT2D eigenvalue weighted by molar-refractivity contribution is 7.86. The number of aromatic nitrogens is 2. The first-order chi connectivity index (χ1) is 15.3. The summed E-state index contributed by atoms with van der Waals surface area (Å²) in [5, 5.41) is 0. The summed E-state index contributed by atoms with van der Waals surface area (Å²) >= 11 is 0. The van der Waals surface area contributed by atoms with Gasteiger partial charge >= 0.3 is 23.6 Å². The van der Waals surface area contributed by atoms with Crippen LogP contribution < -0.4 is 11.4 Å². The molecule has 1 aromatic rings. The molecule has 182 valence electrons. The molecule has 0 radical (unpaired) electrons. The third-order valence-corrected chi connectivity index (χ3v) is 4.78. The van der Waals surface area contributed by atoms with Gasteiger partial charge in [-0.1, -0.05) is 0 Å². The fourth-order valence-electron chi connectivity index (χ4n) is 2.93. The molecule has 1 aliphatic rings. The fraction of sp³-hybridized carbons (Fsp3) is 0.500. The van der Waals surface area contributed by atoms with Gasteiger partial charge in [0, 0.05) is 31.7 Å². The Bertz CT molecular complexity index is 1110. The number of carbonyl (C=O) groups is 3. The SMILES string of the molecule is COC(=O)C=Cc1cn([C@@H]2O[C@H](COC(C)=O)[C@H](OS(C)(=O)=O)[C@H]2OC(C)=O)c(=O)nc1N. The smallest absolute Gasteiger partial charge is 0.351 e. The zero-order valence-electron chi connectivity index (χ0n) is 18.1. The van der Waals surface area contributed by atoms with E-state index in [-0.39, 0.29) is 11.4 Å². The summed E-state index contributed by atoms with van der Waals surface area (Å²) in [6, 6.07) is 0. The highest BCUT2D eigenvalue weighted by atomic mass is 32.2. The summed E-state index contributed by atoms with van der Waals surface area (Å²) in [6.07, 6.45) is -1.42. The molecule has 1 fully saturated rings. The molecule has 2 rings (SSSR count). The maximum atomic E-state index is 12.6. The lowest BCUT2D eigenvalue weighted by Gasteiger charge is -2.23. The summed E-state index contributed by atoms with van der Waals surface area (Å²) < 4.78 is 49.9. The van der Waals surface area contributed by atoms with Crippen LogP contribution in [0.15, 0.2) is 17.1 Å². The average molecular weight is 489 g/mol. The summed E-state index contributed by atoms with van der Waals surface area (Å²) in [4.78, 5) is 50.6. The first-order valence-electron chi connectivity index (χ1n) is 9.31. The quantitative estimate of drug-likeness (QED) is 0.197. The highest BCUT2D eigenvalue weighted by Crippen LogP contribution is 2.34. The van der Waals surface area contributed by atoms with Crippen LogP contribution in [0.3, 0.4) is 0 Å². The monoisotopic (exact) mass is 489 g/mol. The number of carbonyl (C=O) groups excluding carboxylic acids is 3. The summed E-state index contributed by atoms with van der Waals surface area (Å²) in [6.45, 7) is 1.72. The minimum absolute atomic E-state index is 0.106. The number of nitrogens with zero attached hydrogens (tertiary/aromatic N) is 2. The first-order valence-corrected chi connectivity index (χ1v) is 11.1. The van der Waals surface area contributed by atoms with Crippen molar-refractivity contribution in [2.75, 3.05) is 25.7 Å². The van der Waals surface area contributed by atoms with Gasteiger partial charge in [-0.05, 0) is 6.08 Å². The van der Waals surface area contributed by atoms with Crippen molar-refractivity contribution in [1.82, 2.24) is 9.55 Å². The van der Waals surface area contributed by atoms with Crippen LogP contribution in [0.2, 0.25) is 0 Å². The lowest BCUT2D eigenvalue weighted by atomic mass is 10.1. The van der Waals surface area contributed by atoms with E-state index >= 15 is 0 Å². The molecule has 0 unspecified atom stereocenters. The molecule has 33 heavy (non-hydrogen) atoms. The van der Waals surface area contributed by atoms with Gasteiger partial charge in [0.25, 0.3) is 10.1 Å². The van der Waals surface area contributed by atoms with E-state index in [1.165, 1.54) is 6.08 Å². The number of anilines is 1. The van der Waals surface area contributed by atoms with Gasteiger partial charge in [0.05, 0.1) is 13.4 Å². The Balaban J connectivity index is 2.56. The molecule has 0 amide bonds. The van der Waals surface area contributed by atoms with Gasteiger partial charge in [0.2, 0.25) is 0 Å². The molecule has 0 spiro atoms. The van der Waals surface area contributed by atoms with Crippen LogP contribution in [0.25, 0.3) is 6.08 Å². The summed E-state index contributed by atoms with van der Waals surface area (Å²) in [7, 11) is -2.93. The average Bonchev–Trinajstić information content (AvgIpc) is 3.00. The predicted octanol–water partition coefficient (Wildman–Crippen LogP) is -1.25. The number of nitrogen functional groups attached to an aromatic ring is 1. The number of methoxy groups -OCH3 is 1. The number of ether oxygens (including phenoxy) is 4. The topological polar surface area (TPSA) is 192 Å². The zero-order valence-corrected chi connectivity index (χ0v) is 18.9. The van der Waals surface area contributed by atoms with E-state index in [4.69, 9.17) is 24.1 Å². The molecule has 1 aliphatic heterocycles. The Morgan fingerprint density at radius 2 is 1.91 bits per heavy atom. The van der Waals surface area contributed by atoms with Crippen molar-refractivity contribution in [2.24, 2.45) is 0 Å². The number of hydrogen-bond donors (Lipinski definition) is 1. The van der Waals surface area contributed by atoms with E-state index in [1.807, 2.05) is 0 Å². The van der Waals surface area contributed by atoms with Crippen molar-refractivity contribution in [2.45, 2.75) is 38.4 Å². The van der Waals surface area contributed by atoms with Gasteiger partial charge in [-0.25, -0.2) is 9.59 Å². The van der Waals surface area contributed by atoms with Crippen molar-refractivity contribution >= 4 is 39.9 Å². The summed E-state index contributed by atoms with van der Waals surface area (Å²) in [5.74, 6) is -2.44. The molecule has 1 saturated heterocycles. The maximum absolute atomic E-state index is 12.6. The molecule has 1 aromatic heterocycles. The Hall–Kier alpha value is -3.30. The van der Waals surface area contributed by atoms with Crippen LogP contribution in [0.5, 0.6) is 0 Å². The summed E-state index contributed by atoms with van der Waals surface area (Å²) in [5.41, 5.74) is 4.91. The molecule has 2 heterocycles. The van der Waals surface area contributed by atoms with E-state index in [0.717, 1.165) is 44.1 Å². The highest BCUT2D eigenvalue weighted by Gasteiger charge is 2.51. The molecule has 0 aliphatic carbocycles. The normalized spacial score (nSPS) is 22.8. The Morgan fingerprint density at radius 1 is 1.24 bits per heavy atom. The van der Waals surface area contributed by atoms with E-state index < -0.39 is 64.9 Å². The lowest BCUT2D eigenvalue weighted by molar-refractivity contribution is -0.155. The third kappa shape index (κ3) is 7.10. The van der Waals surface area contributed by atoms with Gasteiger partial charge in [-0.3, -0.25) is 18.3 Å².